The number of aromatic nitrogens is 2. The van der Waals surface area contributed by atoms with Crippen molar-refractivity contribution >= 4 is 11.9 Å². The first-order valence-electron chi connectivity index (χ1n) is 8.78. The Morgan fingerprint density at radius 2 is 2.00 bits per heavy atom. The van der Waals surface area contributed by atoms with Crippen molar-refractivity contribution in [2.75, 3.05) is 18.4 Å². The maximum atomic E-state index is 12.4. The summed E-state index contributed by atoms with van der Waals surface area (Å²) in [7, 11) is 0. The van der Waals surface area contributed by atoms with Crippen molar-refractivity contribution in [1.29, 1.82) is 0 Å². The summed E-state index contributed by atoms with van der Waals surface area (Å²) in [5.41, 5.74) is 1.45. The van der Waals surface area contributed by atoms with Crippen molar-refractivity contribution in [3.05, 3.63) is 82.2 Å². The van der Waals surface area contributed by atoms with E-state index in [1.807, 2.05) is 42.5 Å². The highest BCUT2D eigenvalue weighted by Gasteiger charge is 2.20. The molecule has 0 radical (unpaired) electrons. The molecule has 0 aliphatic heterocycles. The van der Waals surface area contributed by atoms with Crippen LogP contribution in [-0.2, 0) is 4.79 Å². The lowest BCUT2D eigenvalue weighted by Gasteiger charge is -2.15. The lowest BCUT2D eigenvalue weighted by Crippen LogP contribution is -2.30. The summed E-state index contributed by atoms with van der Waals surface area (Å²) in [6.45, 7) is 2.62. The molecule has 2 heterocycles. The summed E-state index contributed by atoms with van der Waals surface area (Å²) in [5.74, 6) is 0.944. The number of aromatic amines is 1. The van der Waals surface area contributed by atoms with E-state index in [0.717, 1.165) is 11.3 Å². The molecule has 0 unspecified atom stereocenters. The van der Waals surface area contributed by atoms with Crippen LogP contribution >= 0.6 is 0 Å². The second-order valence-corrected chi connectivity index (χ2v) is 6.19. The first-order chi connectivity index (χ1) is 13.1. The largest absolute Gasteiger partial charge is 0.469 e. The van der Waals surface area contributed by atoms with Crippen LogP contribution in [0.4, 0.5) is 5.95 Å². The highest BCUT2D eigenvalue weighted by molar-refractivity contribution is 5.77. The summed E-state index contributed by atoms with van der Waals surface area (Å²) >= 11 is 0. The van der Waals surface area contributed by atoms with Crippen LogP contribution in [0.5, 0.6) is 0 Å². The van der Waals surface area contributed by atoms with E-state index in [-0.39, 0.29) is 23.8 Å². The summed E-state index contributed by atoms with van der Waals surface area (Å²) in [6, 6.07) is 14.9. The van der Waals surface area contributed by atoms with E-state index in [1.165, 1.54) is 6.07 Å². The van der Waals surface area contributed by atoms with Gasteiger partial charge in [-0.05, 0) is 24.6 Å². The van der Waals surface area contributed by atoms with Crippen LogP contribution in [0.2, 0.25) is 0 Å². The molecule has 7 heteroatoms. The van der Waals surface area contributed by atoms with Crippen LogP contribution in [0.3, 0.4) is 0 Å². The third-order valence-electron chi connectivity index (χ3n) is 4.09. The van der Waals surface area contributed by atoms with Gasteiger partial charge in [0.15, 0.2) is 0 Å². The second-order valence-electron chi connectivity index (χ2n) is 6.19. The SMILES string of the molecule is Cc1cc(=O)[nH]c(NCCNC(=O)C[C@H](c2ccccc2)c2ccco2)n1. The molecule has 0 aliphatic carbocycles. The van der Waals surface area contributed by atoms with Gasteiger partial charge in [-0.1, -0.05) is 30.3 Å². The van der Waals surface area contributed by atoms with Crippen LogP contribution < -0.4 is 16.2 Å². The van der Waals surface area contributed by atoms with Gasteiger partial charge in [0.2, 0.25) is 11.9 Å². The van der Waals surface area contributed by atoms with Crippen LogP contribution in [0.15, 0.2) is 64.0 Å². The van der Waals surface area contributed by atoms with Gasteiger partial charge >= 0.3 is 0 Å². The van der Waals surface area contributed by atoms with E-state index in [4.69, 9.17) is 4.42 Å². The van der Waals surface area contributed by atoms with E-state index in [0.29, 0.717) is 24.7 Å². The standard InChI is InChI=1S/C20H22N4O3/c1-14-12-19(26)24-20(23-14)22-10-9-21-18(25)13-16(17-8-5-11-27-17)15-6-3-2-4-7-15/h2-8,11-12,16H,9-10,13H2,1H3,(H,21,25)(H2,22,23,24,26)/t16-/m1/s1. The number of carbonyl (C=O) groups is 1. The van der Waals surface area contributed by atoms with Gasteiger partial charge in [0.1, 0.15) is 5.76 Å². The maximum Gasteiger partial charge on any atom is 0.252 e. The minimum Gasteiger partial charge on any atom is -0.469 e. The molecule has 0 saturated carbocycles. The molecule has 3 rings (SSSR count). The summed E-state index contributed by atoms with van der Waals surface area (Å²) < 4.78 is 5.52. The number of hydrogen-bond acceptors (Lipinski definition) is 5. The predicted octanol–water partition coefficient (Wildman–Crippen LogP) is 2.42. The topological polar surface area (TPSA) is 100 Å². The number of hydrogen-bond donors (Lipinski definition) is 3. The first-order valence-corrected chi connectivity index (χ1v) is 8.78. The Kier molecular flexibility index (Phi) is 6.04. The van der Waals surface area contributed by atoms with Crippen LogP contribution in [0.1, 0.15) is 29.4 Å². The average molecular weight is 366 g/mol. The Labute approximate surface area is 156 Å². The zero-order valence-corrected chi connectivity index (χ0v) is 15.1. The average Bonchev–Trinajstić information content (AvgIpc) is 3.18. The summed E-state index contributed by atoms with van der Waals surface area (Å²) in [6.07, 6.45) is 1.90. The van der Waals surface area contributed by atoms with Gasteiger partial charge in [-0.3, -0.25) is 14.6 Å². The van der Waals surface area contributed by atoms with Crippen molar-refractivity contribution in [3.63, 3.8) is 0 Å². The quantitative estimate of drug-likeness (QED) is 0.532. The molecule has 0 saturated heterocycles. The van der Waals surface area contributed by atoms with E-state index in [9.17, 15) is 9.59 Å². The number of rotatable bonds is 8. The molecule has 0 fully saturated rings. The number of aryl methyl sites for hydroxylation is 1. The van der Waals surface area contributed by atoms with Crippen molar-refractivity contribution in [2.24, 2.45) is 0 Å². The van der Waals surface area contributed by atoms with E-state index >= 15 is 0 Å². The van der Waals surface area contributed by atoms with Crippen LogP contribution in [0, 0.1) is 6.92 Å². The number of furan rings is 1. The van der Waals surface area contributed by atoms with Crippen LogP contribution in [-0.4, -0.2) is 29.0 Å². The highest BCUT2D eigenvalue weighted by Crippen LogP contribution is 2.28. The molecule has 3 aromatic rings. The third kappa shape index (κ3) is 5.31. The number of amides is 1. The molecule has 0 aliphatic rings. The second kappa shape index (κ2) is 8.84. The number of H-pyrrole nitrogens is 1. The molecule has 140 valence electrons. The van der Waals surface area contributed by atoms with Crippen molar-refractivity contribution < 1.29 is 9.21 Å². The zero-order chi connectivity index (χ0) is 19.1. The molecule has 0 bridgehead atoms. The fraction of sp³-hybridized carbons (Fsp3) is 0.250. The van der Waals surface area contributed by atoms with Gasteiger partial charge in [-0.15, -0.1) is 0 Å². The lowest BCUT2D eigenvalue weighted by molar-refractivity contribution is -0.121. The minimum absolute atomic E-state index is 0.0762. The Morgan fingerprint density at radius 3 is 2.70 bits per heavy atom. The van der Waals surface area contributed by atoms with Crippen LogP contribution in [0.25, 0.3) is 0 Å². The van der Waals surface area contributed by atoms with Crippen molar-refractivity contribution in [2.45, 2.75) is 19.3 Å². The fourth-order valence-corrected chi connectivity index (χ4v) is 2.86. The number of benzene rings is 1. The number of carbonyl (C=O) groups excluding carboxylic acids is 1. The van der Waals surface area contributed by atoms with Gasteiger partial charge in [0, 0.05) is 31.3 Å². The Bertz CT molecular complexity index is 920. The molecule has 0 spiro atoms. The van der Waals surface area contributed by atoms with Gasteiger partial charge in [0.05, 0.1) is 12.2 Å². The zero-order valence-electron chi connectivity index (χ0n) is 15.1. The molecule has 7 nitrogen and oxygen atoms in total. The first kappa shape index (κ1) is 18.4. The van der Waals surface area contributed by atoms with E-state index in [2.05, 4.69) is 20.6 Å². The normalized spacial score (nSPS) is 11.7. The molecular formula is C20H22N4O3. The molecule has 1 amide bonds. The number of nitrogens with one attached hydrogen (secondary N) is 3. The van der Waals surface area contributed by atoms with E-state index < -0.39 is 0 Å². The third-order valence-corrected chi connectivity index (χ3v) is 4.09. The predicted molar refractivity (Wildman–Crippen MR) is 103 cm³/mol. The van der Waals surface area contributed by atoms with Gasteiger partial charge in [-0.25, -0.2) is 4.98 Å². The molecule has 1 aromatic carbocycles. The summed E-state index contributed by atoms with van der Waals surface area (Å²) in [5, 5.41) is 5.88. The Balaban J connectivity index is 1.53. The van der Waals surface area contributed by atoms with Crippen molar-refractivity contribution in [1.82, 2.24) is 15.3 Å². The number of nitrogens with zero attached hydrogens (tertiary/aromatic N) is 1. The molecule has 1 atom stereocenters. The number of anilines is 1. The van der Waals surface area contributed by atoms with Gasteiger partial charge in [-0.2, -0.15) is 0 Å². The highest BCUT2D eigenvalue weighted by atomic mass is 16.3. The molecule has 27 heavy (non-hydrogen) atoms. The Hall–Kier alpha value is -3.35. The molecule has 2 aromatic heterocycles. The maximum absolute atomic E-state index is 12.4. The van der Waals surface area contributed by atoms with Gasteiger partial charge < -0.3 is 15.1 Å². The molecule has 3 N–H and O–H groups in total. The fourth-order valence-electron chi connectivity index (χ4n) is 2.86. The lowest BCUT2D eigenvalue weighted by atomic mass is 9.93. The van der Waals surface area contributed by atoms with E-state index in [1.54, 1.807) is 13.2 Å². The smallest absolute Gasteiger partial charge is 0.252 e. The minimum atomic E-state index is -0.210. The monoisotopic (exact) mass is 366 g/mol. The van der Waals surface area contributed by atoms with Gasteiger partial charge in [0.25, 0.3) is 5.56 Å². The Morgan fingerprint density at radius 1 is 1.19 bits per heavy atom. The molecular weight excluding hydrogens is 344 g/mol. The van der Waals surface area contributed by atoms with Crippen molar-refractivity contribution in [3.8, 4) is 0 Å². The summed E-state index contributed by atoms with van der Waals surface area (Å²) in [4.78, 5) is 30.6.